The second-order valence-corrected chi connectivity index (χ2v) is 11.3. The van der Waals surface area contributed by atoms with E-state index in [0.717, 1.165) is 10.3 Å². The third kappa shape index (κ3) is 4.24. The summed E-state index contributed by atoms with van der Waals surface area (Å²) in [6, 6.07) is 17.2. The van der Waals surface area contributed by atoms with Gasteiger partial charge in [0.2, 0.25) is 5.91 Å². The number of rotatable bonds is 6. The van der Waals surface area contributed by atoms with Gasteiger partial charge in [0, 0.05) is 26.8 Å². The van der Waals surface area contributed by atoms with E-state index in [4.69, 9.17) is 0 Å². The number of nitrogens with zero attached hydrogens (tertiary/aromatic N) is 1. The van der Waals surface area contributed by atoms with Crippen molar-refractivity contribution >= 4 is 62.7 Å². The van der Waals surface area contributed by atoms with Gasteiger partial charge in [-0.3, -0.25) is 19.3 Å². The Hall–Kier alpha value is -3.08. The normalized spacial score (nSPS) is 19.5. The van der Waals surface area contributed by atoms with Gasteiger partial charge in [0.15, 0.2) is 5.43 Å². The lowest BCUT2D eigenvalue weighted by Crippen LogP contribution is -2.70. The van der Waals surface area contributed by atoms with Crippen LogP contribution in [0.3, 0.4) is 0 Å². The number of hydrogen-bond acceptors (Lipinski definition) is 7. The number of hydrogen-bond donors (Lipinski definition) is 2. The quantitative estimate of drug-likeness (QED) is 0.491. The zero-order valence-electron chi connectivity index (χ0n) is 17.6. The molecule has 1 saturated heterocycles. The van der Waals surface area contributed by atoms with E-state index in [2.05, 4.69) is 5.32 Å². The largest absolute Gasteiger partial charge is 0.477 e. The van der Waals surface area contributed by atoms with Gasteiger partial charge in [-0.25, -0.2) is 4.79 Å². The number of carbonyl (C=O) groups is 3. The van der Waals surface area contributed by atoms with E-state index in [9.17, 15) is 24.3 Å². The highest BCUT2D eigenvalue weighted by Crippen LogP contribution is 2.46. The highest BCUT2D eigenvalue weighted by atomic mass is 32.2. The molecule has 0 saturated carbocycles. The lowest BCUT2D eigenvalue weighted by atomic mass is 10.0. The zero-order chi connectivity index (χ0) is 23.8. The van der Waals surface area contributed by atoms with Gasteiger partial charge in [-0.2, -0.15) is 0 Å². The Morgan fingerprint density at radius 3 is 2.59 bits per heavy atom. The van der Waals surface area contributed by atoms with E-state index < -0.39 is 23.3 Å². The van der Waals surface area contributed by atoms with Crippen molar-refractivity contribution < 1.29 is 19.5 Å². The standard InChI is InChI=1S/C24H18N2O5S3/c27-15-11-19(33-16-9-5-4-8-14(15)16)34-17-12-32-23-20(22(29)26(23)21(17)24(30)31)25-18(28)10-13-6-2-1-3-7-13/h1-9,11,20,23H,10,12H2,(H,25,28)(H,30,31)/t20?,23-/m0/s1. The smallest absolute Gasteiger partial charge is 0.353 e. The summed E-state index contributed by atoms with van der Waals surface area (Å²) >= 11 is 4.01. The number of benzene rings is 2. The average molecular weight is 511 g/mol. The van der Waals surface area contributed by atoms with Crippen LogP contribution >= 0.6 is 34.9 Å². The first-order chi connectivity index (χ1) is 16.4. The molecule has 3 aromatic rings. The molecule has 172 valence electrons. The van der Waals surface area contributed by atoms with E-state index in [1.807, 2.05) is 42.5 Å². The molecule has 0 spiro atoms. The van der Waals surface area contributed by atoms with Crippen molar-refractivity contribution in [1.82, 2.24) is 10.2 Å². The summed E-state index contributed by atoms with van der Waals surface area (Å²) in [5, 5.41) is 12.8. The van der Waals surface area contributed by atoms with Gasteiger partial charge >= 0.3 is 5.97 Å². The van der Waals surface area contributed by atoms with E-state index >= 15 is 0 Å². The molecule has 3 heterocycles. The molecule has 2 atom stereocenters. The third-order valence-electron chi connectivity index (χ3n) is 5.50. The van der Waals surface area contributed by atoms with Crippen molar-refractivity contribution in [1.29, 1.82) is 0 Å². The number of fused-ring (bicyclic) bond motifs is 2. The molecule has 2 aromatic carbocycles. The Morgan fingerprint density at radius 1 is 1.09 bits per heavy atom. The van der Waals surface area contributed by atoms with Crippen molar-refractivity contribution in [3.63, 3.8) is 0 Å². The molecule has 0 aliphatic carbocycles. The maximum Gasteiger partial charge on any atom is 0.353 e. The van der Waals surface area contributed by atoms with Crippen LogP contribution < -0.4 is 10.7 Å². The van der Waals surface area contributed by atoms with Crippen LogP contribution in [-0.4, -0.2) is 45.0 Å². The van der Waals surface area contributed by atoms with Crippen molar-refractivity contribution in [2.75, 3.05) is 5.75 Å². The molecule has 1 fully saturated rings. The minimum absolute atomic E-state index is 0.0832. The fourth-order valence-electron chi connectivity index (χ4n) is 3.93. The first-order valence-corrected chi connectivity index (χ1v) is 13.1. The number of amides is 2. The molecule has 0 radical (unpaired) electrons. The molecular formula is C24H18N2O5S3. The van der Waals surface area contributed by atoms with Crippen molar-refractivity contribution in [3.8, 4) is 0 Å². The average Bonchev–Trinajstić information content (AvgIpc) is 2.83. The minimum Gasteiger partial charge on any atom is -0.477 e. The fraction of sp³-hybridized carbons (Fsp3) is 0.167. The lowest BCUT2D eigenvalue weighted by Gasteiger charge is -2.49. The topological polar surface area (TPSA) is 104 Å². The molecule has 2 amide bonds. The molecule has 1 aromatic heterocycles. The second kappa shape index (κ2) is 9.28. The first-order valence-electron chi connectivity index (χ1n) is 10.4. The van der Waals surface area contributed by atoms with Crippen LogP contribution in [0, 0.1) is 0 Å². The predicted octanol–water partition coefficient (Wildman–Crippen LogP) is 3.29. The third-order valence-corrected chi connectivity index (χ3v) is 9.26. The van der Waals surface area contributed by atoms with Crippen LogP contribution in [0.15, 0.2) is 80.3 Å². The monoisotopic (exact) mass is 510 g/mol. The van der Waals surface area contributed by atoms with Gasteiger partial charge in [-0.05, 0) is 17.7 Å². The highest BCUT2D eigenvalue weighted by Gasteiger charge is 2.54. The molecule has 2 aliphatic rings. The SMILES string of the molecule is O=C(Cc1ccccc1)NC1C(=O)N2C(C(=O)O)=C(Sc3cc(=O)c4ccccc4s3)CS[C@@H]12. The Bertz CT molecular complexity index is 1400. The van der Waals surface area contributed by atoms with E-state index in [1.165, 1.54) is 45.8 Å². The number of aliphatic carboxylic acids is 1. The number of carboxylic acids is 1. The molecule has 5 rings (SSSR count). The Labute approximate surface area is 206 Å². The molecule has 1 unspecified atom stereocenters. The maximum absolute atomic E-state index is 12.9. The molecule has 0 bridgehead atoms. The van der Waals surface area contributed by atoms with E-state index in [1.54, 1.807) is 12.1 Å². The minimum atomic E-state index is -1.21. The summed E-state index contributed by atoms with van der Waals surface area (Å²) in [5.41, 5.74) is 0.621. The Morgan fingerprint density at radius 2 is 1.82 bits per heavy atom. The van der Waals surface area contributed by atoms with Crippen molar-refractivity contribution in [2.24, 2.45) is 0 Å². The van der Waals surface area contributed by atoms with Gasteiger partial charge < -0.3 is 10.4 Å². The van der Waals surface area contributed by atoms with Gasteiger partial charge in [-0.1, -0.05) is 54.2 Å². The van der Waals surface area contributed by atoms with Crippen LogP contribution in [0.5, 0.6) is 0 Å². The van der Waals surface area contributed by atoms with Crippen LogP contribution in [0.2, 0.25) is 0 Å². The van der Waals surface area contributed by atoms with Crippen LogP contribution in [0.4, 0.5) is 0 Å². The maximum atomic E-state index is 12.9. The summed E-state index contributed by atoms with van der Waals surface area (Å²) in [7, 11) is 0. The molecular weight excluding hydrogens is 492 g/mol. The van der Waals surface area contributed by atoms with Crippen LogP contribution in [0.25, 0.3) is 10.1 Å². The number of β-lactam (4-membered cyclic amide) rings is 1. The lowest BCUT2D eigenvalue weighted by molar-refractivity contribution is -0.150. The van der Waals surface area contributed by atoms with Crippen LogP contribution in [-0.2, 0) is 20.8 Å². The second-order valence-electron chi connectivity index (χ2n) is 7.72. The highest BCUT2D eigenvalue weighted by molar-refractivity contribution is 8.07. The zero-order valence-corrected chi connectivity index (χ0v) is 20.0. The number of carboxylic acid groups (broad SMARTS) is 1. The summed E-state index contributed by atoms with van der Waals surface area (Å²) in [6.07, 6.45) is 0.144. The summed E-state index contributed by atoms with van der Waals surface area (Å²) < 4.78 is 1.48. The predicted molar refractivity (Wildman–Crippen MR) is 134 cm³/mol. The molecule has 2 aliphatic heterocycles. The number of carbonyl (C=O) groups excluding carboxylic acids is 2. The Kier molecular flexibility index (Phi) is 6.20. The molecule has 2 N–H and O–H groups in total. The van der Waals surface area contributed by atoms with E-state index in [-0.39, 0.29) is 23.5 Å². The molecule has 10 heteroatoms. The summed E-state index contributed by atoms with van der Waals surface area (Å²) in [6.45, 7) is 0. The van der Waals surface area contributed by atoms with Crippen molar-refractivity contribution in [3.05, 3.63) is 87.1 Å². The first kappa shape index (κ1) is 22.7. The fourth-order valence-corrected chi connectivity index (χ4v) is 7.80. The van der Waals surface area contributed by atoms with Gasteiger partial charge in [0.25, 0.3) is 5.91 Å². The van der Waals surface area contributed by atoms with Gasteiger partial charge in [0.05, 0.1) is 10.6 Å². The summed E-state index contributed by atoms with van der Waals surface area (Å²) in [5.74, 6) is -1.57. The van der Waals surface area contributed by atoms with Crippen molar-refractivity contribution in [2.45, 2.75) is 22.0 Å². The number of thioether (sulfide) groups is 2. The van der Waals surface area contributed by atoms with Gasteiger partial charge in [-0.15, -0.1) is 23.1 Å². The Balaban J connectivity index is 1.35. The number of nitrogens with one attached hydrogen (secondary N) is 1. The van der Waals surface area contributed by atoms with E-state index in [0.29, 0.717) is 20.3 Å². The molecule has 7 nitrogen and oxygen atoms in total. The van der Waals surface area contributed by atoms with Gasteiger partial charge in [0.1, 0.15) is 17.1 Å². The summed E-state index contributed by atoms with van der Waals surface area (Å²) in [4.78, 5) is 51.6. The molecule has 34 heavy (non-hydrogen) atoms. The van der Waals surface area contributed by atoms with Crippen LogP contribution in [0.1, 0.15) is 5.56 Å².